The number of thioether (sulfide) groups is 1. The molecule has 1 unspecified atom stereocenters. The molecule has 2 aromatic carbocycles. The number of nitrogens with one attached hydrogen (secondary N) is 1. The quantitative estimate of drug-likeness (QED) is 0.278. The summed E-state index contributed by atoms with van der Waals surface area (Å²) in [5.41, 5.74) is 4.07. The number of nitrogens with zero attached hydrogens (tertiary/aromatic N) is 1. The molecule has 0 radical (unpaired) electrons. The molecule has 0 bridgehead atoms. The second-order valence-electron chi connectivity index (χ2n) is 10.6. The number of hydrogen-bond acceptors (Lipinski definition) is 6. The van der Waals surface area contributed by atoms with Crippen LogP contribution in [0.15, 0.2) is 59.5 Å². The van der Waals surface area contributed by atoms with Crippen molar-refractivity contribution in [3.63, 3.8) is 0 Å². The Labute approximate surface area is 260 Å². The molecule has 7 nitrogen and oxygen atoms in total. The maximum atomic E-state index is 13.4. The van der Waals surface area contributed by atoms with Crippen LogP contribution in [0, 0.1) is 12.8 Å². The third kappa shape index (κ3) is 9.51. The van der Waals surface area contributed by atoms with E-state index in [0.29, 0.717) is 24.3 Å². The van der Waals surface area contributed by atoms with Crippen LogP contribution in [0.5, 0.6) is 0 Å². The maximum Gasteiger partial charge on any atom is 1.00 e. The summed E-state index contributed by atoms with van der Waals surface area (Å²) in [7, 11) is 0. The van der Waals surface area contributed by atoms with Crippen LogP contribution >= 0.6 is 11.8 Å². The summed E-state index contributed by atoms with van der Waals surface area (Å²) in [6.07, 6.45) is 13.8. The fourth-order valence-corrected chi connectivity index (χ4v) is 5.93. The molecule has 1 aliphatic rings. The summed E-state index contributed by atoms with van der Waals surface area (Å²) in [5, 5.41) is 12.4. The molecule has 4 rings (SSSR count). The molecule has 1 aliphatic carbocycles. The van der Waals surface area contributed by atoms with E-state index in [1.165, 1.54) is 38.5 Å². The first-order valence-electron chi connectivity index (χ1n) is 14.2. The van der Waals surface area contributed by atoms with E-state index in [0.717, 1.165) is 46.8 Å². The van der Waals surface area contributed by atoms with Gasteiger partial charge in [-0.25, -0.2) is 9.78 Å². The average molecular weight is 573 g/mol. The number of oxazole rings is 1. The molecule has 2 N–H and O–H groups in total. The third-order valence-corrected chi connectivity index (χ3v) is 8.40. The number of amides is 1. The molecule has 1 fully saturated rings. The Kier molecular flexibility index (Phi) is 13.5. The van der Waals surface area contributed by atoms with Crippen molar-refractivity contribution in [2.45, 2.75) is 77.0 Å². The molecule has 0 saturated heterocycles. The van der Waals surface area contributed by atoms with Crippen LogP contribution in [0.2, 0.25) is 0 Å². The van der Waals surface area contributed by atoms with Gasteiger partial charge in [-0.05, 0) is 78.5 Å². The van der Waals surface area contributed by atoms with Crippen molar-refractivity contribution in [3.05, 3.63) is 77.5 Å². The minimum atomic E-state index is -1.03. The molecule has 0 spiro atoms. The Hall–Kier alpha value is -2.50. The molecule has 3 aromatic rings. The Morgan fingerprint density at radius 1 is 1.15 bits per heavy atom. The normalized spacial score (nSPS) is 15.1. The van der Waals surface area contributed by atoms with Gasteiger partial charge in [0.25, 0.3) is 5.91 Å². The largest absolute Gasteiger partial charge is 1.00 e. The van der Waals surface area contributed by atoms with Gasteiger partial charge >= 0.3 is 24.8 Å². The van der Waals surface area contributed by atoms with E-state index in [1.54, 1.807) is 24.0 Å². The number of carbonyl (C=O) groups is 2. The predicted octanol–water partition coefficient (Wildman–Crippen LogP) is 4.32. The first-order chi connectivity index (χ1) is 19.5. The van der Waals surface area contributed by atoms with E-state index in [9.17, 15) is 14.7 Å². The van der Waals surface area contributed by atoms with Crippen LogP contribution in [0.3, 0.4) is 0 Å². The number of carbonyl (C=O) groups excluding carboxylic acids is 1. The average Bonchev–Trinajstić information content (AvgIpc) is 3.51. The topological polar surface area (TPSA) is 102 Å². The van der Waals surface area contributed by atoms with E-state index in [2.05, 4.69) is 10.3 Å². The SMILES string of the molecule is CSCC[C@H](NC(=O)c1ccc(COC(CCC2CCCCC2)c2cnco2)cc1-c1ccccc1C)C(=O)O.[H-].[Li+]. The summed E-state index contributed by atoms with van der Waals surface area (Å²) in [4.78, 5) is 29.3. The summed E-state index contributed by atoms with van der Waals surface area (Å²) in [5.74, 6) is 0.683. The number of aliphatic carboxylic acids is 1. The van der Waals surface area contributed by atoms with Crippen molar-refractivity contribution in [1.29, 1.82) is 0 Å². The van der Waals surface area contributed by atoms with Gasteiger partial charge in [0.1, 0.15) is 12.1 Å². The second-order valence-corrected chi connectivity index (χ2v) is 11.6. The van der Waals surface area contributed by atoms with Gasteiger partial charge in [0.05, 0.1) is 12.8 Å². The first kappa shape index (κ1) is 33.0. The zero-order valence-electron chi connectivity index (χ0n) is 25.4. The van der Waals surface area contributed by atoms with E-state index < -0.39 is 17.9 Å². The fourth-order valence-electron chi connectivity index (χ4n) is 5.46. The van der Waals surface area contributed by atoms with E-state index in [-0.39, 0.29) is 26.4 Å². The number of rotatable bonds is 14. The van der Waals surface area contributed by atoms with Crippen molar-refractivity contribution in [1.82, 2.24) is 10.3 Å². The predicted molar refractivity (Wildman–Crippen MR) is 159 cm³/mol. The second kappa shape index (κ2) is 16.8. The summed E-state index contributed by atoms with van der Waals surface area (Å²) >= 11 is 1.55. The smallest absolute Gasteiger partial charge is 1.00 e. The fraction of sp³-hybridized carbons (Fsp3) is 0.469. The van der Waals surface area contributed by atoms with E-state index in [1.807, 2.05) is 49.6 Å². The van der Waals surface area contributed by atoms with Crippen LogP contribution in [0.25, 0.3) is 11.1 Å². The first-order valence-corrected chi connectivity index (χ1v) is 15.6. The Morgan fingerprint density at radius 3 is 2.61 bits per heavy atom. The number of ether oxygens (including phenoxy) is 1. The third-order valence-electron chi connectivity index (χ3n) is 7.76. The summed E-state index contributed by atoms with van der Waals surface area (Å²) < 4.78 is 12.0. The van der Waals surface area contributed by atoms with Gasteiger partial charge in [0.2, 0.25) is 0 Å². The Morgan fingerprint density at radius 2 is 1.93 bits per heavy atom. The van der Waals surface area contributed by atoms with Crippen molar-refractivity contribution >= 4 is 23.6 Å². The van der Waals surface area contributed by atoms with Gasteiger partial charge in [0, 0.05) is 5.56 Å². The number of aromatic nitrogens is 1. The van der Waals surface area contributed by atoms with Crippen LogP contribution in [0.1, 0.15) is 86.1 Å². The number of aryl methyl sites for hydroxylation is 1. The maximum absolute atomic E-state index is 13.4. The molecule has 9 heteroatoms. The minimum absolute atomic E-state index is 0. The van der Waals surface area contributed by atoms with Gasteiger partial charge in [-0.3, -0.25) is 4.79 Å². The standard InChI is InChI=1S/C32H40N2O5S.Li.H/c1-22-8-6-7-11-25(22)27-18-24(12-14-26(27)31(35)34-28(32(36)37)16-17-40-2)20-38-29(30-19-33-21-39-30)15-13-23-9-4-3-5-10-23;;/h6-8,11-12,14,18-19,21,23,28-29H,3-5,9-10,13,15-17,20H2,1-2H3,(H,34,35)(H,36,37);;/q;+1;-1/t28-,29?;;/m0../s1. The molecular weight excluding hydrogens is 531 g/mol. The van der Waals surface area contributed by atoms with Crippen molar-refractivity contribution in [3.8, 4) is 11.1 Å². The number of benzene rings is 2. The van der Waals surface area contributed by atoms with Crippen molar-refractivity contribution in [2.24, 2.45) is 5.92 Å². The number of carboxylic acids is 1. The van der Waals surface area contributed by atoms with Crippen molar-refractivity contribution in [2.75, 3.05) is 12.0 Å². The molecule has 1 amide bonds. The zero-order chi connectivity index (χ0) is 28.3. The van der Waals surface area contributed by atoms with E-state index in [4.69, 9.17) is 9.15 Å². The molecule has 2 atom stereocenters. The van der Waals surface area contributed by atoms with Crippen molar-refractivity contribution < 1.29 is 44.1 Å². The zero-order valence-corrected chi connectivity index (χ0v) is 25.3. The van der Waals surface area contributed by atoms with E-state index >= 15 is 0 Å². The van der Waals surface area contributed by atoms with Crippen LogP contribution in [-0.2, 0) is 16.1 Å². The Bertz CT molecular complexity index is 1250. The van der Waals surface area contributed by atoms with Crippen LogP contribution in [-0.4, -0.2) is 40.0 Å². The number of hydrogen-bond donors (Lipinski definition) is 2. The van der Waals surface area contributed by atoms with Gasteiger partial charge in [0.15, 0.2) is 12.2 Å². The monoisotopic (exact) mass is 572 g/mol. The van der Waals surface area contributed by atoms with Gasteiger partial charge < -0.3 is 21.0 Å². The van der Waals surface area contributed by atoms with Crippen LogP contribution in [0.4, 0.5) is 0 Å². The Balaban J connectivity index is 0.00000308. The molecule has 1 saturated carbocycles. The summed E-state index contributed by atoms with van der Waals surface area (Å²) in [6.45, 7) is 2.35. The molecule has 1 heterocycles. The molecule has 41 heavy (non-hydrogen) atoms. The molecule has 216 valence electrons. The summed E-state index contributed by atoms with van der Waals surface area (Å²) in [6, 6.07) is 12.6. The molecule has 0 aliphatic heterocycles. The molecule has 1 aromatic heterocycles. The number of carboxylic acid groups (broad SMARTS) is 1. The minimum Gasteiger partial charge on any atom is -1.00 e. The van der Waals surface area contributed by atoms with Crippen LogP contribution < -0.4 is 24.2 Å². The van der Waals surface area contributed by atoms with Gasteiger partial charge in [-0.2, -0.15) is 11.8 Å². The molecular formula is C32H41LiN2O5S. The van der Waals surface area contributed by atoms with Gasteiger partial charge in [-0.1, -0.05) is 62.4 Å². The van der Waals surface area contributed by atoms with Gasteiger partial charge in [-0.15, -0.1) is 0 Å².